The Balaban J connectivity index is 1.08. The molecule has 0 amide bonds. The average Bonchev–Trinajstić information content (AvgIpc) is 3.31. The first kappa shape index (κ1) is 24.9. The van der Waals surface area contributed by atoms with Crippen molar-refractivity contribution >= 4 is 11.0 Å². The third-order valence-electron chi connectivity index (χ3n) is 9.54. The molecule has 3 aliphatic rings. The van der Waals surface area contributed by atoms with Crippen LogP contribution in [-0.4, -0.2) is 51.2 Å². The monoisotopic (exact) mass is 544 g/mol. The fourth-order valence-electron chi connectivity index (χ4n) is 7.38. The number of aryl methyl sites for hydroxylation is 3. The smallest absolute Gasteiger partial charge is 0.137 e. The number of hydrogen-bond acceptors (Lipinski definition) is 4. The van der Waals surface area contributed by atoms with Gasteiger partial charge in [-0.2, -0.15) is 0 Å². The van der Waals surface area contributed by atoms with Crippen molar-refractivity contribution in [3.05, 3.63) is 95.7 Å². The quantitative estimate of drug-likeness (QED) is 0.245. The molecule has 5 nitrogen and oxygen atoms in total. The van der Waals surface area contributed by atoms with E-state index in [9.17, 15) is 0 Å². The number of morpholine rings is 1. The summed E-state index contributed by atoms with van der Waals surface area (Å²) < 4.78 is 21.3. The van der Waals surface area contributed by atoms with Gasteiger partial charge >= 0.3 is 0 Å². The zero-order valence-corrected chi connectivity index (χ0v) is 23.2. The summed E-state index contributed by atoms with van der Waals surface area (Å²) in [5.74, 6) is -0.267. The molecule has 3 atom stereocenters. The number of nitrogens with one attached hydrogen (secondary N) is 1. The van der Waals surface area contributed by atoms with Gasteiger partial charge in [-0.25, -0.2) is 9.37 Å². The van der Waals surface area contributed by atoms with Crippen LogP contribution in [0.5, 0.6) is 0 Å². The number of ether oxygens (including phenoxy) is 1. The molecule has 5 aromatic rings. The Hall–Kier alpha value is -3.87. The van der Waals surface area contributed by atoms with E-state index in [0.717, 1.165) is 65.0 Å². The van der Waals surface area contributed by atoms with Crippen LogP contribution in [0, 0.1) is 12.7 Å². The van der Waals surface area contributed by atoms with Crippen molar-refractivity contribution in [2.75, 3.05) is 13.2 Å². The summed E-state index contributed by atoms with van der Waals surface area (Å²) in [7, 11) is 0. The molecule has 206 valence electrons. The highest BCUT2D eigenvalue weighted by Crippen LogP contribution is 2.38. The van der Waals surface area contributed by atoms with Gasteiger partial charge < -0.3 is 9.72 Å². The van der Waals surface area contributed by atoms with Gasteiger partial charge in [0.1, 0.15) is 11.5 Å². The van der Waals surface area contributed by atoms with Gasteiger partial charge in [-0.05, 0) is 79.5 Å². The molecule has 2 bridgehead atoms. The van der Waals surface area contributed by atoms with Crippen molar-refractivity contribution in [1.82, 2.24) is 19.9 Å². The molecule has 1 aliphatic carbocycles. The maximum Gasteiger partial charge on any atom is 0.137 e. The molecule has 0 spiro atoms. The van der Waals surface area contributed by atoms with Crippen molar-refractivity contribution in [3.63, 3.8) is 0 Å². The second kappa shape index (κ2) is 9.89. The molecular weight excluding hydrogens is 511 g/mol. The van der Waals surface area contributed by atoms with Crippen molar-refractivity contribution in [2.24, 2.45) is 0 Å². The molecule has 2 saturated heterocycles. The van der Waals surface area contributed by atoms with E-state index in [0.29, 0.717) is 23.7 Å². The Labute approximate surface area is 239 Å². The van der Waals surface area contributed by atoms with Crippen molar-refractivity contribution in [1.29, 1.82) is 0 Å². The number of rotatable bonds is 4. The summed E-state index contributed by atoms with van der Waals surface area (Å²) in [6.45, 7) is 3.80. The molecule has 0 saturated carbocycles. The lowest BCUT2D eigenvalue weighted by Crippen LogP contribution is -2.66. The molecule has 2 aromatic carbocycles. The number of nitrogens with zero attached hydrogens (tertiary/aromatic N) is 3. The predicted molar refractivity (Wildman–Crippen MR) is 160 cm³/mol. The predicted octanol–water partition coefficient (Wildman–Crippen LogP) is 7.13. The summed E-state index contributed by atoms with van der Waals surface area (Å²) in [5, 5.41) is 0.921. The van der Waals surface area contributed by atoms with Gasteiger partial charge in [-0.3, -0.25) is 9.88 Å². The van der Waals surface area contributed by atoms with E-state index in [-0.39, 0.29) is 5.82 Å². The molecule has 1 N–H and O–H groups in total. The second-order valence-electron chi connectivity index (χ2n) is 11.9. The maximum atomic E-state index is 15.5. The van der Waals surface area contributed by atoms with E-state index < -0.39 is 0 Å². The van der Waals surface area contributed by atoms with Crippen LogP contribution in [0.2, 0.25) is 0 Å². The Morgan fingerprint density at radius 1 is 0.854 bits per heavy atom. The number of benzene rings is 2. The van der Waals surface area contributed by atoms with Crippen LogP contribution < -0.4 is 0 Å². The Morgan fingerprint density at radius 3 is 2.49 bits per heavy atom. The molecule has 3 aromatic heterocycles. The van der Waals surface area contributed by atoms with E-state index in [1.165, 1.54) is 36.0 Å². The summed E-state index contributed by atoms with van der Waals surface area (Å²) in [6.07, 6.45) is 11.5. The lowest BCUT2D eigenvalue weighted by atomic mass is 9.87. The average molecular weight is 545 g/mol. The summed E-state index contributed by atoms with van der Waals surface area (Å²) in [4.78, 5) is 15.2. The van der Waals surface area contributed by atoms with Crippen molar-refractivity contribution in [3.8, 4) is 33.5 Å². The topological polar surface area (TPSA) is 54.0 Å². The first-order valence-electron chi connectivity index (χ1n) is 14.8. The number of pyridine rings is 2. The minimum atomic E-state index is -0.267. The van der Waals surface area contributed by atoms with Crippen LogP contribution in [0.15, 0.2) is 73.2 Å². The Kier molecular flexibility index (Phi) is 6.01. The normalized spacial score (nSPS) is 22.2. The minimum absolute atomic E-state index is 0.267. The van der Waals surface area contributed by atoms with Gasteiger partial charge in [0.05, 0.1) is 18.9 Å². The largest absolute Gasteiger partial charge is 0.378 e. The van der Waals surface area contributed by atoms with Crippen LogP contribution >= 0.6 is 0 Å². The third kappa shape index (κ3) is 4.28. The highest BCUT2D eigenvalue weighted by atomic mass is 19.1. The molecule has 41 heavy (non-hydrogen) atoms. The third-order valence-corrected chi connectivity index (χ3v) is 9.54. The summed E-state index contributed by atoms with van der Waals surface area (Å²) in [5.41, 5.74) is 9.88. The number of halogens is 1. The Bertz CT molecular complexity index is 1760. The second-order valence-corrected chi connectivity index (χ2v) is 11.9. The van der Waals surface area contributed by atoms with E-state index in [1.54, 1.807) is 12.3 Å². The van der Waals surface area contributed by atoms with Crippen LogP contribution in [0.3, 0.4) is 0 Å². The summed E-state index contributed by atoms with van der Waals surface area (Å²) >= 11 is 0. The van der Waals surface area contributed by atoms with Gasteiger partial charge in [-0.1, -0.05) is 36.4 Å². The van der Waals surface area contributed by atoms with Crippen LogP contribution in [0.25, 0.3) is 44.5 Å². The summed E-state index contributed by atoms with van der Waals surface area (Å²) in [6, 6.07) is 20.2. The van der Waals surface area contributed by atoms with E-state index in [4.69, 9.17) is 9.72 Å². The fourth-order valence-corrected chi connectivity index (χ4v) is 7.38. The van der Waals surface area contributed by atoms with E-state index in [2.05, 4.69) is 39.1 Å². The van der Waals surface area contributed by atoms with Gasteiger partial charge in [0.15, 0.2) is 0 Å². The lowest BCUT2D eigenvalue weighted by Gasteiger charge is -2.56. The number of hydrogen-bond donors (Lipinski definition) is 1. The first-order valence-corrected chi connectivity index (χ1v) is 14.8. The van der Waals surface area contributed by atoms with Crippen LogP contribution in [0.1, 0.15) is 36.0 Å². The molecule has 5 heterocycles. The minimum Gasteiger partial charge on any atom is -0.378 e. The highest BCUT2D eigenvalue weighted by Gasteiger charge is 2.45. The fraction of sp³-hybridized carbons (Fsp3) is 0.314. The van der Waals surface area contributed by atoms with Crippen LogP contribution in [-0.2, 0) is 17.6 Å². The zero-order valence-electron chi connectivity index (χ0n) is 23.2. The number of H-pyrrole nitrogens is 1. The SMILES string of the molecule is Cc1cccnc1-c1ccc(-c2c[nH]c3ncc(-c4ccc5c(c4)CC[C@@H](N4C6COCC4C6)CC5)cc23)c(F)c1. The molecule has 8 rings (SSSR count). The van der Waals surface area contributed by atoms with Crippen molar-refractivity contribution in [2.45, 2.75) is 57.2 Å². The van der Waals surface area contributed by atoms with Crippen LogP contribution in [0.4, 0.5) is 4.39 Å². The van der Waals surface area contributed by atoms with Gasteiger partial charge in [0, 0.05) is 64.4 Å². The maximum absolute atomic E-state index is 15.5. The van der Waals surface area contributed by atoms with Gasteiger partial charge in [0.25, 0.3) is 0 Å². The number of aromatic nitrogens is 3. The highest BCUT2D eigenvalue weighted by molar-refractivity contribution is 5.96. The molecule has 2 unspecified atom stereocenters. The van der Waals surface area contributed by atoms with Gasteiger partial charge in [0.2, 0.25) is 0 Å². The molecular formula is C35H33FN4O. The van der Waals surface area contributed by atoms with E-state index >= 15 is 4.39 Å². The lowest BCUT2D eigenvalue weighted by molar-refractivity contribution is -0.148. The Morgan fingerprint density at radius 2 is 1.68 bits per heavy atom. The van der Waals surface area contributed by atoms with E-state index in [1.807, 2.05) is 43.6 Å². The first-order chi connectivity index (χ1) is 20.1. The number of aromatic amines is 1. The number of fused-ring (bicyclic) bond motifs is 4. The zero-order chi connectivity index (χ0) is 27.5. The molecule has 6 heteroatoms. The molecule has 2 fully saturated rings. The van der Waals surface area contributed by atoms with Crippen molar-refractivity contribution < 1.29 is 9.13 Å². The standard InChI is InChI=1S/C35H33FN4O/c1-21-3-2-12-37-34(21)25-8-11-30(33(36)15-25)32-18-39-35-31(32)14-26(17-38-35)24-5-4-22-6-9-27(10-7-23(22)13-24)40-28-16-29(40)20-41-19-28/h2-5,8,11-15,17-18,27-29H,6-7,9-10,16,19-20H2,1H3,(H,38,39)/t27-,28?,29?/m0/s1. The molecule has 2 aliphatic heterocycles. The van der Waals surface area contributed by atoms with Gasteiger partial charge in [-0.15, -0.1) is 0 Å². The molecule has 0 radical (unpaired) electrons.